The molecule has 1 aliphatic heterocycles. The SMILES string of the molecule is COC1=C(c2ccc(OC)c(OC)c2)C(=O)O/C1=C\c1ccc(OC)cc1. The van der Waals surface area contributed by atoms with Crippen LogP contribution in [0.25, 0.3) is 11.6 Å². The zero-order valence-electron chi connectivity index (χ0n) is 15.6. The van der Waals surface area contributed by atoms with Crippen LogP contribution in [0.2, 0.25) is 0 Å². The van der Waals surface area contributed by atoms with Crippen LogP contribution in [0.15, 0.2) is 54.0 Å². The van der Waals surface area contributed by atoms with Crippen LogP contribution in [-0.4, -0.2) is 34.4 Å². The van der Waals surface area contributed by atoms with E-state index in [1.54, 1.807) is 38.5 Å². The zero-order chi connectivity index (χ0) is 19.4. The molecule has 1 heterocycles. The Kier molecular flexibility index (Phi) is 5.35. The number of hydrogen-bond acceptors (Lipinski definition) is 6. The number of cyclic esters (lactones) is 1. The summed E-state index contributed by atoms with van der Waals surface area (Å²) in [5.41, 5.74) is 1.80. The molecule has 6 heteroatoms. The van der Waals surface area contributed by atoms with Crippen molar-refractivity contribution in [1.82, 2.24) is 0 Å². The van der Waals surface area contributed by atoms with E-state index in [1.807, 2.05) is 24.3 Å². The molecule has 0 saturated carbocycles. The molecule has 0 bridgehead atoms. The highest BCUT2D eigenvalue weighted by Gasteiger charge is 2.32. The molecule has 0 atom stereocenters. The molecule has 3 rings (SSSR count). The summed E-state index contributed by atoms with van der Waals surface area (Å²) in [7, 11) is 6.19. The highest BCUT2D eigenvalue weighted by Crippen LogP contribution is 2.38. The molecule has 0 unspecified atom stereocenters. The molecule has 0 spiro atoms. The van der Waals surface area contributed by atoms with Crippen LogP contribution in [-0.2, 0) is 14.3 Å². The van der Waals surface area contributed by atoms with Gasteiger partial charge in [-0.1, -0.05) is 18.2 Å². The predicted octanol–water partition coefficient (Wildman–Crippen LogP) is 3.67. The van der Waals surface area contributed by atoms with Crippen LogP contribution in [0.5, 0.6) is 17.2 Å². The van der Waals surface area contributed by atoms with Gasteiger partial charge in [-0.15, -0.1) is 0 Å². The fraction of sp³-hybridized carbons (Fsp3) is 0.190. The molecule has 0 aromatic heterocycles. The molecule has 0 fully saturated rings. The number of benzene rings is 2. The largest absolute Gasteiger partial charge is 0.497 e. The molecule has 2 aromatic rings. The van der Waals surface area contributed by atoms with Crippen LogP contribution in [0.1, 0.15) is 11.1 Å². The van der Waals surface area contributed by atoms with Crippen molar-refractivity contribution in [3.05, 3.63) is 65.1 Å². The maximum atomic E-state index is 12.5. The highest BCUT2D eigenvalue weighted by molar-refractivity contribution is 6.21. The van der Waals surface area contributed by atoms with Gasteiger partial charge in [0.2, 0.25) is 0 Å². The molecule has 2 aromatic carbocycles. The quantitative estimate of drug-likeness (QED) is 0.725. The van der Waals surface area contributed by atoms with Crippen molar-refractivity contribution in [2.24, 2.45) is 0 Å². The summed E-state index contributed by atoms with van der Waals surface area (Å²) in [6.45, 7) is 0. The minimum Gasteiger partial charge on any atom is -0.497 e. The van der Waals surface area contributed by atoms with E-state index >= 15 is 0 Å². The third kappa shape index (κ3) is 3.60. The van der Waals surface area contributed by atoms with Crippen molar-refractivity contribution in [3.8, 4) is 17.2 Å². The molecule has 0 saturated heterocycles. The predicted molar refractivity (Wildman–Crippen MR) is 101 cm³/mol. The van der Waals surface area contributed by atoms with Gasteiger partial charge in [-0.05, 0) is 41.5 Å². The Balaban J connectivity index is 2.04. The minimum atomic E-state index is -0.487. The molecule has 140 valence electrons. The van der Waals surface area contributed by atoms with E-state index in [-0.39, 0.29) is 0 Å². The first-order valence-electron chi connectivity index (χ1n) is 8.20. The van der Waals surface area contributed by atoms with Crippen LogP contribution >= 0.6 is 0 Å². The lowest BCUT2D eigenvalue weighted by Crippen LogP contribution is -2.00. The Morgan fingerprint density at radius 2 is 1.52 bits per heavy atom. The Morgan fingerprint density at radius 3 is 2.11 bits per heavy atom. The number of ether oxygens (including phenoxy) is 5. The summed E-state index contributed by atoms with van der Waals surface area (Å²) in [6.07, 6.45) is 1.74. The van der Waals surface area contributed by atoms with E-state index in [4.69, 9.17) is 23.7 Å². The van der Waals surface area contributed by atoms with Gasteiger partial charge in [-0.2, -0.15) is 0 Å². The second-order valence-corrected chi connectivity index (χ2v) is 5.65. The Hall–Kier alpha value is -3.41. The lowest BCUT2D eigenvalue weighted by Gasteiger charge is -2.09. The van der Waals surface area contributed by atoms with Crippen molar-refractivity contribution in [2.75, 3.05) is 28.4 Å². The molecule has 27 heavy (non-hydrogen) atoms. The summed E-state index contributed by atoms with van der Waals surface area (Å²) in [4.78, 5) is 12.5. The van der Waals surface area contributed by atoms with Gasteiger partial charge in [0.1, 0.15) is 11.3 Å². The zero-order valence-corrected chi connectivity index (χ0v) is 15.6. The van der Waals surface area contributed by atoms with Gasteiger partial charge in [0.25, 0.3) is 0 Å². The van der Waals surface area contributed by atoms with E-state index in [1.165, 1.54) is 14.2 Å². The van der Waals surface area contributed by atoms with Gasteiger partial charge in [-0.25, -0.2) is 4.79 Å². The fourth-order valence-electron chi connectivity index (χ4n) is 2.80. The van der Waals surface area contributed by atoms with Crippen LogP contribution in [0.3, 0.4) is 0 Å². The third-order valence-electron chi connectivity index (χ3n) is 4.15. The first-order valence-corrected chi connectivity index (χ1v) is 8.20. The lowest BCUT2D eigenvalue weighted by atomic mass is 10.0. The van der Waals surface area contributed by atoms with Gasteiger partial charge >= 0.3 is 5.97 Å². The standard InChI is InChI=1S/C21H20O6/c1-23-15-8-5-13(6-9-15)11-18-20(26-4)19(21(22)27-18)14-7-10-16(24-2)17(12-14)25-3/h5-12H,1-4H3/b18-11-. The maximum Gasteiger partial charge on any atom is 0.348 e. The van der Waals surface area contributed by atoms with Crippen LogP contribution < -0.4 is 14.2 Å². The molecule has 0 amide bonds. The molecule has 1 aliphatic rings. The van der Waals surface area contributed by atoms with Crippen LogP contribution in [0, 0.1) is 0 Å². The Labute approximate surface area is 157 Å². The lowest BCUT2D eigenvalue weighted by molar-refractivity contribution is -0.131. The molecule has 6 nitrogen and oxygen atoms in total. The summed E-state index contributed by atoms with van der Waals surface area (Å²) in [6, 6.07) is 12.6. The second-order valence-electron chi connectivity index (χ2n) is 5.65. The Morgan fingerprint density at radius 1 is 0.815 bits per heavy atom. The van der Waals surface area contributed by atoms with Gasteiger partial charge < -0.3 is 23.7 Å². The summed E-state index contributed by atoms with van der Waals surface area (Å²) in [5, 5.41) is 0. The smallest absolute Gasteiger partial charge is 0.348 e. The van der Waals surface area contributed by atoms with E-state index in [0.717, 1.165) is 11.3 Å². The number of esters is 1. The van der Waals surface area contributed by atoms with Gasteiger partial charge in [0.15, 0.2) is 23.0 Å². The summed E-state index contributed by atoms with van der Waals surface area (Å²) in [5.74, 6) is 2.05. The van der Waals surface area contributed by atoms with E-state index in [9.17, 15) is 4.79 Å². The van der Waals surface area contributed by atoms with E-state index < -0.39 is 5.97 Å². The Bertz CT molecular complexity index is 909. The summed E-state index contributed by atoms with van der Waals surface area (Å²) >= 11 is 0. The molecule has 0 radical (unpaired) electrons. The number of methoxy groups -OCH3 is 4. The average Bonchev–Trinajstić information content (AvgIpc) is 3.02. The van der Waals surface area contributed by atoms with Crippen molar-refractivity contribution < 1.29 is 28.5 Å². The van der Waals surface area contributed by atoms with Gasteiger partial charge in [0.05, 0.1) is 28.4 Å². The van der Waals surface area contributed by atoms with Crippen molar-refractivity contribution in [3.63, 3.8) is 0 Å². The first-order chi connectivity index (χ1) is 13.1. The number of carbonyl (C=O) groups is 1. The number of carbonyl (C=O) groups excluding carboxylic acids is 1. The minimum absolute atomic E-state index is 0.332. The van der Waals surface area contributed by atoms with Crippen molar-refractivity contribution in [2.45, 2.75) is 0 Å². The van der Waals surface area contributed by atoms with Crippen molar-refractivity contribution in [1.29, 1.82) is 0 Å². The highest BCUT2D eigenvalue weighted by atomic mass is 16.6. The molecular formula is C21H20O6. The van der Waals surface area contributed by atoms with Gasteiger partial charge in [-0.3, -0.25) is 0 Å². The van der Waals surface area contributed by atoms with E-state index in [0.29, 0.717) is 34.2 Å². The van der Waals surface area contributed by atoms with Gasteiger partial charge in [0, 0.05) is 0 Å². The topological polar surface area (TPSA) is 63.2 Å². The number of rotatable bonds is 6. The molecular weight excluding hydrogens is 348 g/mol. The fourth-order valence-corrected chi connectivity index (χ4v) is 2.80. The number of hydrogen-bond donors (Lipinski definition) is 0. The first kappa shape index (κ1) is 18.4. The third-order valence-corrected chi connectivity index (χ3v) is 4.15. The monoisotopic (exact) mass is 368 g/mol. The normalized spacial score (nSPS) is 15.0. The second kappa shape index (κ2) is 7.86. The van der Waals surface area contributed by atoms with Crippen molar-refractivity contribution >= 4 is 17.6 Å². The van der Waals surface area contributed by atoms with Crippen LogP contribution in [0.4, 0.5) is 0 Å². The summed E-state index contributed by atoms with van der Waals surface area (Å²) < 4.78 is 26.6. The maximum absolute atomic E-state index is 12.5. The van der Waals surface area contributed by atoms with E-state index in [2.05, 4.69) is 0 Å². The average molecular weight is 368 g/mol. The molecule has 0 aliphatic carbocycles. The molecule has 0 N–H and O–H groups in total.